The van der Waals surface area contributed by atoms with Crippen molar-refractivity contribution in [3.63, 3.8) is 0 Å². The van der Waals surface area contributed by atoms with E-state index in [-0.39, 0.29) is 6.03 Å². The van der Waals surface area contributed by atoms with Gasteiger partial charge < -0.3 is 25.0 Å². The Bertz CT molecular complexity index is 599. The summed E-state index contributed by atoms with van der Waals surface area (Å²) in [4.78, 5) is 14.5. The van der Waals surface area contributed by atoms with Gasteiger partial charge in [-0.2, -0.15) is 0 Å². The van der Waals surface area contributed by atoms with E-state index >= 15 is 0 Å². The molecule has 158 valence electrons. The highest BCUT2D eigenvalue weighted by molar-refractivity contribution is 5.73. The lowest BCUT2D eigenvalue weighted by molar-refractivity contribution is 0.139. The first-order valence-electron chi connectivity index (χ1n) is 10.5. The molecule has 2 atom stereocenters. The first-order valence-corrected chi connectivity index (χ1v) is 10.5. The van der Waals surface area contributed by atoms with Crippen molar-refractivity contribution in [3.05, 3.63) is 23.8 Å². The second-order valence-electron chi connectivity index (χ2n) is 8.03. The molecule has 2 rings (SSSR count). The molecule has 0 aromatic heterocycles. The standard InChI is InChI=1S/C22H37N3O3/c1-17-13-18(2)16-25(15-17)12-6-5-10-23-22(26)24-11-9-19-7-8-20(27-3)21(14-19)28-4/h7-8,14,17-18H,5-6,9-13,15-16H2,1-4H3,(H2,23,24,26). The van der Waals surface area contributed by atoms with Crippen molar-refractivity contribution in [1.29, 1.82) is 0 Å². The topological polar surface area (TPSA) is 62.8 Å². The lowest BCUT2D eigenvalue weighted by Crippen LogP contribution is -2.40. The van der Waals surface area contributed by atoms with Gasteiger partial charge in [-0.15, -0.1) is 0 Å². The van der Waals surface area contributed by atoms with Gasteiger partial charge in [-0.3, -0.25) is 0 Å². The summed E-state index contributed by atoms with van der Waals surface area (Å²) < 4.78 is 10.5. The van der Waals surface area contributed by atoms with E-state index in [1.54, 1.807) is 14.2 Å². The molecule has 0 saturated carbocycles. The van der Waals surface area contributed by atoms with Crippen LogP contribution in [-0.2, 0) is 6.42 Å². The largest absolute Gasteiger partial charge is 0.493 e. The highest BCUT2D eigenvalue weighted by Crippen LogP contribution is 2.27. The molecule has 1 aliphatic rings. The summed E-state index contributed by atoms with van der Waals surface area (Å²) in [6.07, 6.45) is 4.24. The number of rotatable bonds is 10. The number of piperidine rings is 1. The summed E-state index contributed by atoms with van der Waals surface area (Å²) in [5.74, 6) is 3.03. The Hall–Kier alpha value is -1.95. The van der Waals surface area contributed by atoms with Crippen LogP contribution in [0.15, 0.2) is 18.2 Å². The second kappa shape index (κ2) is 11.8. The molecule has 0 spiro atoms. The van der Waals surface area contributed by atoms with Gasteiger partial charge >= 0.3 is 6.03 Å². The van der Waals surface area contributed by atoms with Crippen LogP contribution in [0.4, 0.5) is 4.79 Å². The van der Waals surface area contributed by atoms with Crippen LogP contribution in [0.2, 0.25) is 0 Å². The van der Waals surface area contributed by atoms with Gasteiger partial charge in [0.1, 0.15) is 0 Å². The maximum atomic E-state index is 11.9. The maximum Gasteiger partial charge on any atom is 0.314 e. The van der Waals surface area contributed by atoms with E-state index < -0.39 is 0 Å². The molecule has 2 amide bonds. The molecule has 1 fully saturated rings. The van der Waals surface area contributed by atoms with E-state index in [4.69, 9.17) is 9.47 Å². The Labute approximate surface area is 170 Å². The van der Waals surface area contributed by atoms with Crippen LogP contribution in [0.3, 0.4) is 0 Å². The third-order valence-corrected chi connectivity index (χ3v) is 5.28. The van der Waals surface area contributed by atoms with Crippen molar-refractivity contribution in [3.8, 4) is 11.5 Å². The molecule has 6 nitrogen and oxygen atoms in total. The van der Waals surface area contributed by atoms with Gasteiger partial charge in [0.2, 0.25) is 0 Å². The molecule has 0 radical (unpaired) electrons. The van der Waals surface area contributed by atoms with Crippen molar-refractivity contribution in [2.24, 2.45) is 11.8 Å². The minimum atomic E-state index is -0.0966. The number of methoxy groups -OCH3 is 2. The predicted octanol–water partition coefficient (Wildman–Crippen LogP) is 3.30. The minimum Gasteiger partial charge on any atom is -0.493 e. The monoisotopic (exact) mass is 391 g/mol. The predicted molar refractivity (Wildman–Crippen MR) is 113 cm³/mol. The van der Waals surface area contributed by atoms with E-state index in [0.29, 0.717) is 18.0 Å². The first-order chi connectivity index (χ1) is 13.5. The molecule has 1 aromatic rings. The number of urea groups is 1. The molecule has 2 unspecified atom stereocenters. The highest BCUT2D eigenvalue weighted by atomic mass is 16.5. The fraction of sp³-hybridized carbons (Fsp3) is 0.682. The Morgan fingerprint density at radius 1 is 1.04 bits per heavy atom. The summed E-state index contributed by atoms with van der Waals surface area (Å²) in [5, 5.41) is 5.87. The van der Waals surface area contributed by atoms with Crippen LogP contribution < -0.4 is 20.1 Å². The third kappa shape index (κ3) is 7.58. The van der Waals surface area contributed by atoms with E-state index in [9.17, 15) is 4.79 Å². The normalized spacial score (nSPS) is 19.9. The van der Waals surface area contributed by atoms with Gasteiger partial charge in [-0.1, -0.05) is 19.9 Å². The van der Waals surface area contributed by atoms with Crippen molar-refractivity contribution in [2.45, 2.75) is 39.5 Å². The Balaban J connectivity index is 1.55. The van der Waals surface area contributed by atoms with Gasteiger partial charge in [0.25, 0.3) is 0 Å². The van der Waals surface area contributed by atoms with E-state index in [0.717, 1.165) is 49.8 Å². The smallest absolute Gasteiger partial charge is 0.314 e. The second-order valence-corrected chi connectivity index (χ2v) is 8.03. The van der Waals surface area contributed by atoms with E-state index in [1.165, 1.54) is 19.5 Å². The molecule has 0 bridgehead atoms. The molecule has 2 N–H and O–H groups in total. The highest BCUT2D eigenvalue weighted by Gasteiger charge is 2.20. The number of likely N-dealkylation sites (tertiary alicyclic amines) is 1. The van der Waals surface area contributed by atoms with Crippen LogP contribution >= 0.6 is 0 Å². The molecular formula is C22H37N3O3. The number of hydrogen-bond acceptors (Lipinski definition) is 4. The molecular weight excluding hydrogens is 354 g/mol. The number of nitrogens with zero attached hydrogens (tertiary/aromatic N) is 1. The van der Waals surface area contributed by atoms with Gasteiger partial charge in [0.15, 0.2) is 11.5 Å². The summed E-state index contributed by atoms with van der Waals surface area (Å²) in [6, 6.07) is 5.72. The summed E-state index contributed by atoms with van der Waals surface area (Å²) in [7, 11) is 3.25. The van der Waals surface area contributed by atoms with Gasteiger partial charge in [0.05, 0.1) is 14.2 Å². The van der Waals surface area contributed by atoms with Crippen LogP contribution in [0, 0.1) is 11.8 Å². The van der Waals surface area contributed by atoms with E-state index in [2.05, 4.69) is 29.4 Å². The van der Waals surface area contributed by atoms with Gasteiger partial charge in [0, 0.05) is 26.2 Å². The molecule has 1 aliphatic heterocycles. The molecule has 6 heteroatoms. The number of carbonyl (C=O) groups excluding carboxylic acids is 1. The number of nitrogens with one attached hydrogen (secondary N) is 2. The lowest BCUT2D eigenvalue weighted by Gasteiger charge is -2.34. The van der Waals surface area contributed by atoms with Crippen molar-refractivity contribution in [1.82, 2.24) is 15.5 Å². The number of ether oxygens (including phenoxy) is 2. The molecule has 1 heterocycles. The minimum absolute atomic E-state index is 0.0966. The van der Waals surface area contributed by atoms with E-state index in [1.807, 2.05) is 18.2 Å². The van der Waals surface area contributed by atoms with Crippen LogP contribution in [0.5, 0.6) is 11.5 Å². The lowest BCUT2D eigenvalue weighted by atomic mass is 9.92. The summed E-state index contributed by atoms with van der Waals surface area (Å²) in [6.45, 7) is 9.57. The van der Waals surface area contributed by atoms with Crippen LogP contribution in [0.25, 0.3) is 0 Å². The number of unbranched alkanes of at least 4 members (excludes halogenated alkanes) is 1. The molecule has 1 aromatic carbocycles. The molecule has 0 aliphatic carbocycles. The number of hydrogen-bond donors (Lipinski definition) is 2. The average Bonchev–Trinajstić information content (AvgIpc) is 2.66. The Morgan fingerprint density at radius 3 is 2.39 bits per heavy atom. The fourth-order valence-corrected chi connectivity index (χ4v) is 4.06. The first kappa shape index (κ1) is 22.3. The maximum absolute atomic E-state index is 11.9. The molecule has 28 heavy (non-hydrogen) atoms. The number of benzene rings is 1. The summed E-state index contributed by atoms with van der Waals surface area (Å²) >= 11 is 0. The van der Waals surface area contributed by atoms with Crippen molar-refractivity contribution >= 4 is 6.03 Å². The zero-order valence-corrected chi connectivity index (χ0v) is 17.9. The Kier molecular flexibility index (Phi) is 9.41. The van der Waals surface area contributed by atoms with Crippen LogP contribution in [0.1, 0.15) is 38.7 Å². The van der Waals surface area contributed by atoms with Gasteiger partial charge in [-0.25, -0.2) is 4.79 Å². The third-order valence-electron chi connectivity index (χ3n) is 5.28. The zero-order chi connectivity index (χ0) is 20.4. The Morgan fingerprint density at radius 2 is 1.71 bits per heavy atom. The summed E-state index contributed by atoms with van der Waals surface area (Å²) in [5.41, 5.74) is 1.10. The number of carbonyl (C=O) groups is 1. The average molecular weight is 392 g/mol. The van der Waals surface area contributed by atoms with Crippen molar-refractivity contribution < 1.29 is 14.3 Å². The number of amides is 2. The van der Waals surface area contributed by atoms with Crippen LogP contribution in [-0.4, -0.2) is 57.9 Å². The quantitative estimate of drug-likeness (QED) is 0.601. The SMILES string of the molecule is COc1ccc(CCNC(=O)NCCCCN2CC(C)CC(C)C2)cc1OC. The fourth-order valence-electron chi connectivity index (χ4n) is 4.06. The van der Waals surface area contributed by atoms with Gasteiger partial charge in [-0.05, 0) is 61.8 Å². The zero-order valence-electron chi connectivity index (χ0n) is 17.9. The molecule has 1 saturated heterocycles. The van der Waals surface area contributed by atoms with Crippen molar-refractivity contribution in [2.75, 3.05) is 46.9 Å².